The summed E-state index contributed by atoms with van der Waals surface area (Å²) in [6.07, 6.45) is 4.59. The first kappa shape index (κ1) is 18.4. The Morgan fingerprint density at radius 3 is 2.79 bits per heavy atom. The zero-order chi connectivity index (χ0) is 19.5. The van der Waals surface area contributed by atoms with Gasteiger partial charge in [-0.1, -0.05) is 48.9 Å². The molecule has 0 saturated carbocycles. The van der Waals surface area contributed by atoms with Crippen LogP contribution in [-0.2, 0) is 19.5 Å². The van der Waals surface area contributed by atoms with Crippen LogP contribution in [0, 0.1) is 0 Å². The number of aromatic amines is 1. The van der Waals surface area contributed by atoms with E-state index in [1.165, 1.54) is 11.1 Å². The van der Waals surface area contributed by atoms with Crippen LogP contribution >= 0.6 is 0 Å². The summed E-state index contributed by atoms with van der Waals surface area (Å²) >= 11 is 0. The van der Waals surface area contributed by atoms with Gasteiger partial charge in [-0.15, -0.1) is 5.10 Å². The van der Waals surface area contributed by atoms with Crippen molar-refractivity contribution in [3.63, 3.8) is 0 Å². The second-order valence-electron chi connectivity index (χ2n) is 7.37. The molecular weight excluding hydrogens is 352 g/mol. The molecule has 2 N–H and O–H groups in total. The lowest BCUT2D eigenvalue weighted by Gasteiger charge is -2.28. The Balaban J connectivity index is 1.55. The van der Waals surface area contributed by atoms with Crippen molar-refractivity contribution in [3.05, 3.63) is 70.9 Å². The fourth-order valence-corrected chi connectivity index (χ4v) is 4.09. The molecule has 2 heterocycles. The van der Waals surface area contributed by atoms with Crippen molar-refractivity contribution in [2.75, 3.05) is 0 Å². The zero-order valence-electron chi connectivity index (χ0n) is 15.9. The molecule has 1 atom stereocenters. The molecule has 0 bridgehead atoms. The number of carboxylic acid groups (broad SMARTS) is 1. The summed E-state index contributed by atoms with van der Waals surface area (Å²) in [5, 5.41) is 20.1. The molecule has 3 aromatic rings. The van der Waals surface area contributed by atoms with E-state index in [0.717, 1.165) is 49.2 Å². The molecule has 1 aliphatic rings. The average molecular weight is 376 g/mol. The van der Waals surface area contributed by atoms with Crippen molar-refractivity contribution in [1.29, 1.82) is 0 Å². The smallest absolute Gasteiger partial charge is 0.335 e. The van der Waals surface area contributed by atoms with Gasteiger partial charge in [-0.3, -0.25) is 10.00 Å². The molecule has 1 aromatic heterocycles. The van der Waals surface area contributed by atoms with Crippen LogP contribution in [-0.4, -0.2) is 37.4 Å². The van der Waals surface area contributed by atoms with Crippen LogP contribution in [0.5, 0.6) is 0 Å². The molecule has 0 spiro atoms. The van der Waals surface area contributed by atoms with Gasteiger partial charge in [0.25, 0.3) is 0 Å². The topological polar surface area (TPSA) is 82.1 Å². The largest absolute Gasteiger partial charge is 0.478 e. The van der Waals surface area contributed by atoms with Crippen molar-refractivity contribution in [1.82, 2.24) is 20.3 Å². The quantitative estimate of drug-likeness (QED) is 0.654. The van der Waals surface area contributed by atoms with Crippen molar-refractivity contribution in [3.8, 4) is 11.3 Å². The molecular formula is C22H24N4O2. The van der Waals surface area contributed by atoms with Crippen molar-refractivity contribution >= 4 is 5.97 Å². The summed E-state index contributed by atoms with van der Waals surface area (Å²) in [6.45, 7) is 3.96. The third-order valence-corrected chi connectivity index (χ3v) is 5.52. The molecule has 2 aromatic carbocycles. The van der Waals surface area contributed by atoms with Crippen LogP contribution < -0.4 is 0 Å². The number of aromatic nitrogens is 3. The van der Waals surface area contributed by atoms with Crippen LogP contribution in [0.4, 0.5) is 0 Å². The summed E-state index contributed by atoms with van der Waals surface area (Å²) in [6, 6.07) is 14.2. The number of nitrogens with zero attached hydrogens (tertiary/aromatic N) is 3. The minimum atomic E-state index is -0.853. The van der Waals surface area contributed by atoms with E-state index in [0.29, 0.717) is 11.6 Å². The lowest BCUT2D eigenvalue weighted by Crippen LogP contribution is -2.33. The van der Waals surface area contributed by atoms with Gasteiger partial charge in [0.1, 0.15) is 0 Å². The maximum atomic E-state index is 11.6. The summed E-state index contributed by atoms with van der Waals surface area (Å²) in [5.74, 6) is -0.853. The van der Waals surface area contributed by atoms with Crippen LogP contribution in [0.3, 0.4) is 0 Å². The number of nitrogens with one attached hydrogen (secondary N) is 1. The molecule has 0 radical (unpaired) electrons. The van der Waals surface area contributed by atoms with Gasteiger partial charge >= 0.3 is 5.97 Å². The van der Waals surface area contributed by atoms with E-state index in [9.17, 15) is 9.90 Å². The highest BCUT2D eigenvalue weighted by atomic mass is 16.4. The van der Waals surface area contributed by atoms with Gasteiger partial charge in [0, 0.05) is 24.7 Å². The lowest BCUT2D eigenvalue weighted by atomic mass is 9.96. The third-order valence-electron chi connectivity index (χ3n) is 5.52. The number of hydrogen-bond acceptors (Lipinski definition) is 4. The van der Waals surface area contributed by atoms with E-state index in [-0.39, 0.29) is 0 Å². The van der Waals surface area contributed by atoms with E-state index in [1.807, 2.05) is 12.1 Å². The van der Waals surface area contributed by atoms with Gasteiger partial charge in [-0.25, -0.2) is 4.79 Å². The number of rotatable bonds is 7. The number of fused-ring (bicyclic) bond motifs is 1. The first-order valence-corrected chi connectivity index (χ1v) is 9.69. The fourth-order valence-electron chi connectivity index (χ4n) is 4.09. The minimum Gasteiger partial charge on any atom is -0.478 e. The van der Waals surface area contributed by atoms with Gasteiger partial charge in [0.05, 0.1) is 17.5 Å². The predicted molar refractivity (Wildman–Crippen MR) is 107 cm³/mol. The number of hydrogen-bond donors (Lipinski definition) is 2. The maximum Gasteiger partial charge on any atom is 0.335 e. The second kappa shape index (κ2) is 7.94. The Bertz CT molecular complexity index is 968. The Hall–Kier alpha value is -2.99. The van der Waals surface area contributed by atoms with Gasteiger partial charge in [0.2, 0.25) is 0 Å². The van der Waals surface area contributed by atoms with E-state index in [2.05, 4.69) is 45.4 Å². The molecule has 4 rings (SSSR count). The Labute approximate surface area is 164 Å². The van der Waals surface area contributed by atoms with E-state index in [1.54, 1.807) is 18.3 Å². The van der Waals surface area contributed by atoms with Gasteiger partial charge < -0.3 is 5.11 Å². The highest BCUT2D eigenvalue weighted by Crippen LogP contribution is 2.31. The fraction of sp³-hybridized carbons (Fsp3) is 0.318. The number of carbonyl (C=O) groups is 1. The third kappa shape index (κ3) is 3.68. The van der Waals surface area contributed by atoms with Gasteiger partial charge in [-0.05, 0) is 41.7 Å². The minimum absolute atomic E-state index is 0.315. The standard InChI is InChI=1S/C22H24N4O2/c1-2-5-19(11-15-6-3-4-7-20(15)22(27)28)26-13-17-9-8-16(10-18(17)14-26)21-12-23-25-24-21/h3-4,6-10,12,19H,2,5,11,13-14H2,1H3,(H,27,28)(H,23,24,25). The molecule has 6 heteroatoms. The van der Waals surface area contributed by atoms with Gasteiger partial charge in [-0.2, -0.15) is 0 Å². The van der Waals surface area contributed by atoms with E-state index in [4.69, 9.17) is 0 Å². The van der Waals surface area contributed by atoms with Crippen LogP contribution in [0.1, 0.15) is 46.8 Å². The predicted octanol–water partition coefficient (Wildman–Crippen LogP) is 3.90. The van der Waals surface area contributed by atoms with Crippen LogP contribution in [0.15, 0.2) is 48.7 Å². The monoisotopic (exact) mass is 376 g/mol. The Morgan fingerprint density at radius 2 is 2.04 bits per heavy atom. The molecule has 0 saturated heterocycles. The lowest BCUT2D eigenvalue weighted by molar-refractivity contribution is 0.0695. The Morgan fingerprint density at radius 1 is 1.21 bits per heavy atom. The highest BCUT2D eigenvalue weighted by Gasteiger charge is 2.27. The molecule has 144 valence electrons. The molecule has 0 aliphatic carbocycles. The molecule has 1 aliphatic heterocycles. The average Bonchev–Trinajstić information content (AvgIpc) is 3.37. The number of aromatic carboxylic acids is 1. The second-order valence-corrected chi connectivity index (χ2v) is 7.37. The number of benzene rings is 2. The van der Waals surface area contributed by atoms with Crippen LogP contribution in [0.2, 0.25) is 0 Å². The van der Waals surface area contributed by atoms with Crippen molar-refractivity contribution in [2.24, 2.45) is 0 Å². The Kier molecular flexibility index (Phi) is 5.21. The van der Waals surface area contributed by atoms with Crippen LogP contribution in [0.25, 0.3) is 11.3 Å². The van der Waals surface area contributed by atoms with Crippen molar-refractivity contribution < 1.29 is 9.90 Å². The van der Waals surface area contributed by atoms with Crippen molar-refractivity contribution in [2.45, 2.75) is 45.3 Å². The number of H-pyrrole nitrogens is 1. The summed E-state index contributed by atoms with van der Waals surface area (Å²) in [4.78, 5) is 14.1. The summed E-state index contributed by atoms with van der Waals surface area (Å²) in [7, 11) is 0. The summed E-state index contributed by atoms with van der Waals surface area (Å²) in [5.41, 5.74) is 5.99. The molecule has 0 amide bonds. The summed E-state index contributed by atoms with van der Waals surface area (Å²) < 4.78 is 0. The molecule has 28 heavy (non-hydrogen) atoms. The SMILES string of the molecule is CCCC(Cc1ccccc1C(=O)O)N1Cc2ccc(-c3cnn[nH]3)cc2C1. The van der Waals surface area contributed by atoms with E-state index >= 15 is 0 Å². The highest BCUT2D eigenvalue weighted by molar-refractivity contribution is 5.89. The number of carboxylic acids is 1. The molecule has 1 unspecified atom stereocenters. The van der Waals surface area contributed by atoms with E-state index < -0.39 is 5.97 Å². The normalized spacial score (nSPS) is 14.8. The molecule has 0 fully saturated rings. The maximum absolute atomic E-state index is 11.6. The zero-order valence-corrected chi connectivity index (χ0v) is 15.9. The first-order valence-electron chi connectivity index (χ1n) is 9.69. The van der Waals surface area contributed by atoms with Gasteiger partial charge in [0.15, 0.2) is 0 Å². The first-order chi connectivity index (χ1) is 13.7. The molecule has 6 nitrogen and oxygen atoms in total.